The van der Waals surface area contributed by atoms with Crippen LogP contribution in [0.3, 0.4) is 0 Å². The largest absolute Gasteiger partial charge is 0.458 e. The van der Waals surface area contributed by atoms with Gasteiger partial charge in [-0.2, -0.15) is 14.9 Å². The summed E-state index contributed by atoms with van der Waals surface area (Å²) in [6.07, 6.45) is 4.82. The first-order valence-corrected chi connectivity index (χ1v) is 5.78. The van der Waals surface area contributed by atoms with Crippen LogP contribution in [-0.4, -0.2) is 33.3 Å². The molecule has 7 nitrogen and oxygen atoms in total. The van der Waals surface area contributed by atoms with Crippen molar-refractivity contribution in [1.29, 1.82) is 0 Å². The Bertz CT molecular complexity index is 756. The van der Waals surface area contributed by atoms with Crippen LogP contribution in [0.4, 0.5) is 0 Å². The second-order valence-electron chi connectivity index (χ2n) is 4.00. The van der Waals surface area contributed by atoms with Crippen LogP contribution in [0.15, 0.2) is 40.0 Å². The maximum absolute atomic E-state index is 12.1. The molecule has 0 saturated heterocycles. The van der Waals surface area contributed by atoms with Gasteiger partial charge in [0.05, 0.1) is 25.6 Å². The first-order valence-electron chi connectivity index (χ1n) is 5.78. The van der Waals surface area contributed by atoms with E-state index >= 15 is 0 Å². The van der Waals surface area contributed by atoms with E-state index in [9.17, 15) is 4.79 Å². The summed E-state index contributed by atoms with van der Waals surface area (Å²) in [7, 11) is 1.63. The summed E-state index contributed by atoms with van der Waals surface area (Å²) < 4.78 is 13.0. The zero-order valence-corrected chi connectivity index (χ0v) is 10.3. The normalized spacial score (nSPS) is 11.2. The molecule has 98 valence electrons. The molecule has 0 amide bonds. The molecule has 0 aliphatic rings. The van der Waals surface area contributed by atoms with Crippen molar-refractivity contribution in [2.24, 2.45) is 0 Å². The van der Waals surface area contributed by atoms with E-state index in [0.717, 1.165) is 0 Å². The van der Waals surface area contributed by atoms with Crippen molar-refractivity contribution < 1.29 is 9.15 Å². The molecular formula is C12H12N4O3. The van der Waals surface area contributed by atoms with Crippen LogP contribution in [0.25, 0.3) is 16.8 Å². The molecule has 0 bridgehead atoms. The highest BCUT2D eigenvalue weighted by Crippen LogP contribution is 2.09. The predicted octanol–water partition coefficient (Wildman–Crippen LogP) is 0.822. The predicted molar refractivity (Wildman–Crippen MR) is 67.3 cm³/mol. The fourth-order valence-electron chi connectivity index (χ4n) is 1.80. The Balaban J connectivity index is 2.01. The molecule has 0 atom stereocenters. The lowest BCUT2D eigenvalue weighted by atomic mass is 10.4. The van der Waals surface area contributed by atoms with E-state index in [2.05, 4.69) is 10.2 Å². The molecule has 0 fully saturated rings. The van der Waals surface area contributed by atoms with Crippen molar-refractivity contribution in [3.8, 4) is 5.82 Å². The monoisotopic (exact) mass is 260 g/mol. The number of methoxy groups -OCH3 is 1. The first-order chi connectivity index (χ1) is 9.29. The molecule has 0 aliphatic heterocycles. The van der Waals surface area contributed by atoms with E-state index in [0.29, 0.717) is 24.4 Å². The van der Waals surface area contributed by atoms with Gasteiger partial charge in [-0.15, -0.1) is 0 Å². The lowest BCUT2D eigenvalue weighted by molar-refractivity contribution is 0.183. The molecule has 0 radical (unpaired) electrons. The number of hydrogen-bond donors (Lipinski definition) is 0. The van der Waals surface area contributed by atoms with Crippen LogP contribution in [-0.2, 0) is 11.3 Å². The maximum atomic E-state index is 12.1. The molecule has 0 aliphatic carbocycles. The summed E-state index contributed by atoms with van der Waals surface area (Å²) in [4.78, 5) is 12.1. The third kappa shape index (κ3) is 2.04. The fourth-order valence-corrected chi connectivity index (χ4v) is 1.80. The maximum Gasteiger partial charge on any atom is 0.316 e. The van der Waals surface area contributed by atoms with E-state index < -0.39 is 0 Å². The van der Waals surface area contributed by atoms with Gasteiger partial charge in [-0.1, -0.05) is 0 Å². The van der Waals surface area contributed by atoms with E-state index in [1.54, 1.807) is 36.3 Å². The van der Waals surface area contributed by atoms with Crippen LogP contribution in [0.2, 0.25) is 0 Å². The van der Waals surface area contributed by atoms with Gasteiger partial charge in [0.25, 0.3) is 0 Å². The van der Waals surface area contributed by atoms with E-state index in [-0.39, 0.29) is 11.1 Å². The smallest absolute Gasteiger partial charge is 0.316 e. The highest BCUT2D eigenvalue weighted by atomic mass is 16.5. The second kappa shape index (κ2) is 4.69. The van der Waals surface area contributed by atoms with Gasteiger partial charge >= 0.3 is 5.56 Å². The summed E-state index contributed by atoms with van der Waals surface area (Å²) in [6, 6.07) is 3.42. The van der Waals surface area contributed by atoms with Crippen molar-refractivity contribution >= 4 is 11.0 Å². The van der Waals surface area contributed by atoms with Gasteiger partial charge in [0.2, 0.25) is 5.58 Å². The molecular weight excluding hydrogens is 248 g/mol. The van der Waals surface area contributed by atoms with Crippen LogP contribution in [0, 0.1) is 0 Å². The minimum Gasteiger partial charge on any atom is -0.458 e. The topological polar surface area (TPSA) is 75.1 Å². The Morgan fingerprint density at radius 1 is 1.42 bits per heavy atom. The quantitative estimate of drug-likeness (QED) is 0.694. The average molecular weight is 260 g/mol. The van der Waals surface area contributed by atoms with Gasteiger partial charge in [-0.3, -0.25) is 9.48 Å². The molecule has 7 heteroatoms. The van der Waals surface area contributed by atoms with Gasteiger partial charge in [-0.05, 0) is 6.07 Å². The highest BCUT2D eigenvalue weighted by Gasteiger charge is 2.10. The third-order valence-corrected chi connectivity index (χ3v) is 2.76. The molecule has 3 heterocycles. The molecule has 0 saturated carbocycles. The van der Waals surface area contributed by atoms with Crippen molar-refractivity contribution in [1.82, 2.24) is 19.6 Å². The molecule has 0 N–H and O–H groups in total. The van der Waals surface area contributed by atoms with E-state index in [4.69, 9.17) is 9.15 Å². The number of furan rings is 1. The zero-order chi connectivity index (χ0) is 13.2. The summed E-state index contributed by atoms with van der Waals surface area (Å²) in [5.74, 6) is 0.458. The number of fused-ring (bicyclic) bond motifs is 1. The third-order valence-electron chi connectivity index (χ3n) is 2.76. The summed E-state index contributed by atoms with van der Waals surface area (Å²) in [5, 5.41) is 9.03. The minimum absolute atomic E-state index is 0.279. The highest BCUT2D eigenvalue weighted by molar-refractivity contribution is 5.74. The Morgan fingerprint density at radius 2 is 2.32 bits per heavy atom. The van der Waals surface area contributed by atoms with Crippen molar-refractivity contribution in [2.45, 2.75) is 6.54 Å². The molecule has 0 unspecified atom stereocenters. The lowest BCUT2D eigenvalue weighted by Gasteiger charge is -2.00. The number of ether oxygens (including phenoxy) is 1. The SMILES string of the molecule is COCCn1ccc(-n2ncc3ccoc3c2=O)n1. The van der Waals surface area contributed by atoms with Crippen LogP contribution in [0.5, 0.6) is 0 Å². The average Bonchev–Trinajstić information content (AvgIpc) is 3.05. The van der Waals surface area contributed by atoms with Crippen molar-refractivity contribution in [3.63, 3.8) is 0 Å². The summed E-state index contributed by atoms with van der Waals surface area (Å²) >= 11 is 0. The molecule has 0 aromatic carbocycles. The lowest BCUT2D eigenvalue weighted by Crippen LogP contribution is -2.21. The number of rotatable bonds is 4. The first kappa shape index (κ1) is 11.7. The molecule has 3 aromatic heterocycles. The standard InChI is InChI=1S/C12H12N4O3/c1-18-7-5-15-4-2-10(14-15)16-12(17)11-9(8-13-16)3-6-19-11/h2-4,6,8H,5,7H2,1H3. The molecule has 19 heavy (non-hydrogen) atoms. The number of hydrogen-bond acceptors (Lipinski definition) is 5. The molecule has 3 rings (SSSR count). The summed E-state index contributed by atoms with van der Waals surface area (Å²) in [5.41, 5.74) is -0.0408. The second-order valence-corrected chi connectivity index (χ2v) is 4.00. The zero-order valence-electron chi connectivity index (χ0n) is 10.3. The van der Waals surface area contributed by atoms with E-state index in [1.807, 2.05) is 0 Å². The van der Waals surface area contributed by atoms with Gasteiger partial charge in [-0.25, -0.2) is 0 Å². The molecule has 3 aromatic rings. The number of aromatic nitrogens is 4. The van der Waals surface area contributed by atoms with Crippen molar-refractivity contribution in [3.05, 3.63) is 41.1 Å². The Labute approximate surface area is 108 Å². The molecule has 0 spiro atoms. The number of nitrogens with zero attached hydrogens (tertiary/aromatic N) is 4. The van der Waals surface area contributed by atoms with Crippen molar-refractivity contribution in [2.75, 3.05) is 13.7 Å². The van der Waals surface area contributed by atoms with Crippen LogP contribution >= 0.6 is 0 Å². The summed E-state index contributed by atoms with van der Waals surface area (Å²) in [6.45, 7) is 1.18. The Morgan fingerprint density at radius 3 is 3.16 bits per heavy atom. The van der Waals surface area contributed by atoms with Gasteiger partial charge in [0.15, 0.2) is 5.82 Å². The van der Waals surface area contributed by atoms with E-state index in [1.165, 1.54) is 10.9 Å². The minimum atomic E-state index is -0.320. The van der Waals surface area contributed by atoms with Crippen LogP contribution in [0.1, 0.15) is 0 Å². The van der Waals surface area contributed by atoms with Crippen LogP contribution < -0.4 is 5.56 Å². The Hall–Kier alpha value is -2.41. The van der Waals surface area contributed by atoms with Gasteiger partial charge in [0.1, 0.15) is 0 Å². The van der Waals surface area contributed by atoms with Gasteiger partial charge < -0.3 is 9.15 Å². The fraction of sp³-hybridized carbons (Fsp3) is 0.250. The van der Waals surface area contributed by atoms with Gasteiger partial charge in [0, 0.05) is 24.8 Å². The Kier molecular flexibility index (Phi) is 2.88.